The molecule has 0 aliphatic carbocycles. The van der Waals surface area contributed by atoms with Crippen LogP contribution in [0.2, 0.25) is 0 Å². The van der Waals surface area contributed by atoms with Crippen LogP contribution in [0.3, 0.4) is 0 Å². The van der Waals surface area contributed by atoms with E-state index in [1.807, 2.05) is 49.5 Å². The average molecular weight is 294 g/mol. The Kier molecular flexibility index (Phi) is 4.27. The molecule has 0 spiro atoms. The molecule has 0 unspecified atom stereocenters. The van der Waals surface area contributed by atoms with Gasteiger partial charge in [-0.3, -0.25) is 0 Å². The Morgan fingerprint density at radius 2 is 2.00 bits per heavy atom. The van der Waals surface area contributed by atoms with Gasteiger partial charge in [-0.1, -0.05) is 36.4 Å². The van der Waals surface area contributed by atoms with E-state index in [0.29, 0.717) is 18.0 Å². The first-order chi connectivity index (χ1) is 10.8. The molecule has 0 saturated carbocycles. The molecular weight excluding hydrogens is 276 g/mol. The van der Waals surface area contributed by atoms with Crippen molar-refractivity contribution in [2.75, 3.05) is 20.2 Å². The Labute approximate surface area is 130 Å². The highest BCUT2D eigenvalue weighted by atomic mass is 16.5. The summed E-state index contributed by atoms with van der Waals surface area (Å²) in [6.45, 7) is 8.68. The molecular formula is C18H18N2O2. The number of hydrogen-bond acceptors (Lipinski definition) is 3. The summed E-state index contributed by atoms with van der Waals surface area (Å²) in [6, 6.07) is 15.3. The standard InChI is InChI=1S/C18H18N2O2/c1-19-11-13-12-21-16-9-5-3-7-14(16)18(13)22-17-10-6-4-8-15(17)20-2/h3-10,13,18-19H,11-12H2,1H3/t13-,18-/m0/s1. The molecule has 0 radical (unpaired) electrons. The Bertz CT molecular complexity index is 693. The van der Waals surface area contributed by atoms with Gasteiger partial charge in [0.25, 0.3) is 0 Å². The van der Waals surface area contributed by atoms with Crippen molar-refractivity contribution in [2.24, 2.45) is 5.92 Å². The van der Waals surface area contributed by atoms with Gasteiger partial charge >= 0.3 is 0 Å². The molecule has 2 atom stereocenters. The summed E-state index contributed by atoms with van der Waals surface area (Å²) in [5.41, 5.74) is 1.57. The maximum Gasteiger partial charge on any atom is 0.228 e. The van der Waals surface area contributed by atoms with Gasteiger partial charge in [-0.25, -0.2) is 4.85 Å². The highest BCUT2D eigenvalue weighted by Crippen LogP contribution is 2.40. The number of nitrogens with zero attached hydrogens (tertiary/aromatic N) is 1. The zero-order valence-electron chi connectivity index (χ0n) is 12.5. The first-order valence-electron chi connectivity index (χ1n) is 7.33. The van der Waals surface area contributed by atoms with Gasteiger partial charge in [0.15, 0.2) is 0 Å². The second-order valence-corrected chi connectivity index (χ2v) is 5.28. The fraction of sp³-hybridized carbons (Fsp3) is 0.278. The highest BCUT2D eigenvalue weighted by Gasteiger charge is 2.32. The zero-order chi connectivity index (χ0) is 15.4. The topological polar surface area (TPSA) is 34.9 Å². The molecule has 1 aliphatic heterocycles. The summed E-state index contributed by atoms with van der Waals surface area (Å²) in [7, 11) is 1.92. The normalized spacial score (nSPS) is 19.6. The van der Waals surface area contributed by atoms with E-state index in [-0.39, 0.29) is 12.0 Å². The van der Waals surface area contributed by atoms with Crippen LogP contribution < -0.4 is 14.8 Å². The van der Waals surface area contributed by atoms with Crippen LogP contribution in [-0.2, 0) is 0 Å². The molecule has 0 aromatic heterocycles. The number of rotatable bonds is 4. The molecule has 0 amide bonds. The van der Waals surface area contributed by atoms with Crippen molar-refractivity contribution in [1.29, 1.82) is 0 Å². The first-order valence-corrected chi connectivity index (χ1v) is 7.33. The van der Waals surface area contributed by atoms with Crippen molar-refractivity contribution in [3.63, 3.8) is 0 Å². The van der Waals surface area contributed by atoms with Crippen LogP contribution in [0.15, 0.2) is 48.5 Å². The summed E-state index contributed by atoms with van der Waals surface area (Å²) < 4.78 is 12.1. The Hall–Kier alpha value is -2.51. The quantitative estimate of drug-likeness (QED) is 0.875. The molecule has 0 bridgehead atoms. The minimum atomic E-state index is -0.125. The van der Waals surface area contributed by atoms with E-state index in [1.165, 1.54) is 0 Å². The summed E-state index contributed by atoms with van der Waals surface area (Å²) in [5.74, 6) is 1.68. The third kappa shape index (κ3) is 2.76. The lowest BCUT2D eigenvalue weighted by Gasteiger charge is -2.34. The molecule has 4 heteroatoms. The van der Waals surface area contributed by atoms with E-state index in [0.717, 1.165) is 17.9 Å². The molecule has 4 nitrogen and oxygen atoms in total. The Morgan fingerprint density at radius 3 is 2.82 bits per heavy atom. The van der Waals surface area contributed by atoms with Gasteiger partial charge in [-0.2, -0.15) is 0 Å². The van der Waals surface area contributed by atoms with E-state index < -0.39 is 0 Å². The van der Waals surface area contributed by atoms with Crippen LogP contribution in [0.1, 0.15) is 11.7 Å². The van der Waals surface area contributed by atoms with Crippen LogP contribution in [0.25, 0.3) is 4.85 Å². The Balaban J connectivity index is 1.96. The van der Waals surface area contributed by atoms with Crippen LogP contribution in [-0.4, -0.2) is 20.2 Å². The SMILES string of the molecule is [C-]#[N+]c1ccccc1O[C@@H]1c2ccccc2OC[C@@H]1CNC. The molecule has 3 rings (SSSR count). The minimum absolute atomic E-state index is 0.125. The fourth-order valence-electron chi connectivity index (χ4n) is 2.76. The predicted molar refractivity (Wildman–Crippen MR) is 85.4 cm³/mol. The second kappa shape index (κ2) is 6.50. The number of hydrogen-bond donors (Lipinski definition) is 1. The second-order valence-electron chi connectivity index (χ2n) is 5.28. The molecule has 112 valence electrons. The molecule has 2 aromatic carbocycles. The number of nitrogens with one attached hydrogen (secondary N) is 1. The van der Waals surface area contributed by atoms with Crippen molar-refractivity contribution in [1.82, 2.24) is 5.32 Å². The first kappa shape index (κ1) is 14.4. The van der Waals surface area contributed by atoms with Gasteiger partial charge < -0.3 is 14.8 Å². The zero-order valence-corrected chi connectivity index (χ0v) is 12.5. The van der Waals surface area contributed by atoms with Gasteiger partial charge in [0.1, 0.15) is 17.6 Å². The van der Waals surface area contributed by atoms with Crippen LogP contribution >= 0.6 is 0 Å². The van der Waals surface area contributed by atoms with Crippen LogP contribution in [0.4, 0.5) is 5.69 Å². The predicted octanol–water partition coefficient (Wildman–Crippen LogP) is 3.59. The molecule has 0 saturated heterocycles. The van der Waals surface area contributed by atoms with Crippen molar-refractivity contribution in [3.8, 4) is 11.5 Å². The van der Waals surface area contributed by atoms with E-state index in [2.05, 4.69) is 10.2 Å². The van der Waals surface area contributed by atoms with Crippen molar-refractivity contribution < 1.29 is 9.47 Å². The van der Waals surface area contributed by atoms with Gasteiger partial charge in [-0.15, -0.1) is 0 Å². The van der Waals surface area contributed by atoms with Crippen molar-refractivity contribution in [2.45, 2.75) is 6.10 Å². The monoisotopic (exact) mass is 294 g/mol. The average Bonchev–Trinajstić information content (AvgIpc) is 2.57. The lowest BCUT2D eigenvalue weighted by molar-refractivity contribution is 0.0711. The number of ether oxygens (including phenoxy) is 2. The van der Waals surface area contributed by atoms with Crippen LogP contribution in [0, 0.1) is 12.5 Å². The summed E-state index contributed by atoms with van der Waals surface area (Å²) in [5, 5.41) is 3.19. The number of benzene rings is 2. The molecule has 1 aliphatic rings. The van der Waals surface area contributed by atoms with Gasteiger partial charge in [0, 0.05) is 18.0 Å². The van der Waals surface area contributed by atoms with Gasteiger partial charge in [0.05, 0.1) is 13.2 Å². The van der Waals surface area contributed by atoms with E-state index in [4.69, 9.17) is 16.0 Å². The largest absolute Gasteiger partial charge is 0.496 e. The smallest absolute Gasteiger partial charge is 0.228 e. The Morgan fingerprint density at radius 1 is 1.23 bits per heavy atom. The lowest BCUT2D eigenvalue weighted by atomic mass is 9.93. The third-order valence-corrected chi connectivity index (χ3v) is 3.81. The van der Waals surface area contributed by atoms with Gasteiger partial charge in [0.2, 0.25) is 5.69 Å². The number of fused-ring (bicyclic) bond motifs is 1. The molecule has 1 N–H and O–H groups in total. The molecule has 2 aromatic rings. The molecule has 22 heavy (non-hydrogen) atoms. The molecule has 0 fully saturated rings. The lowest BCUT2D eigenvalue weighted by Crippen LogP contribution is -2.35. The van der Waals surface area contributed by atoms with E-state index in [1.54, 1.807) is 6.07 Å². The van der Waals surface area contributed by atoms with Crippen LogP contribution in [0.5, 0.6) is 11.5 Å². The maximum absolute atomic E-state index is 7.29. The minimum Gasteiger partial charge on any atom is -0.496 e. The van der Waals surface area contributed by atoms with Gasteiger partial charge in [-0.05, 0) is 19.2 Å². The van der Waals surface area contributed by atoms with E-state index >= 15 is 0 Å². The molecule has 1 heterocycles. The fourth-order valence-corrected chi connectivity index (χ4v) is 2.76. The highest BCUT2D eigenvalue weighted by molar-refractivity contribution is 5.57. The summed E-state index contributed by atoms with van der Waals surface area (Å²) in [4.78, 5) is 3.54. The summed E-state index contributed by atoms with van der Waals surface area (Å²) >= 11 is 0. The van der Waals surface area contributed by atoms with Crippen molar-refractivity contribution >= 4 is 5.69 Å². The van der Waals surface area contributed by atoms with Crippen molar-refractivity contribution in [3.05, 3.63) is 65.5 Å². The third-order valence-electron chi connectivity index (χ3n) is 3.81. The number of para-hydroxylation sites is 3. The maximum atomic E-state index is 7.29. The summed E-state index contributed by atoms with van der Waals surface area (Å²) in [6.07, 6.45) is -0.125. The van der Waals surface area contributed by atoms with E-state index in [9.17, 15) is 0 Å².